The Bertz CT molecular complexity index is 604. The van der Waals surface area contributed by atoms with Crippen LogP contribution in [0.4, 0.5) is 0 Å². The third-order valence-electron chi connectivity index (χ3n) is 2.43. The lowest BCUT2D eigenvalue weighted by Crippen LogP contribution is -1.87. The van der Waals surface area contributed by atoms with Gasteiger partial charge in [0.15, 0.2) is 6.29 Å². The average Bonchev–Trinajstić information content (AvgIpc) is 2.45. The number of halogens is 2. The van der Waals surface area contributed by atoms with Crippen molar-refractivity contribution in [2.45, 2.75) is 20.5 Å². The molecule has 6 heteroatoms. The molecule has 0 aliphatic heterocycles. The van der Waals surface area contributed by atoms with E-state index in [1.165, 1.54) is 6.20 Å². The highest BCUT2D eigenvalue weighted by atomic mass is 35.5. The van der Waals surface area contributed by atoms with Gasteiger partial charge in [-0.25, -0.2) is 9.97 Å². The molecular formula is C14H14Cl2N2O2. The minimum Gasteiger partial charge on any atom is -0.392 e. The molecule has 0 amide bonds. The van der Waals surface area contributed by atoms with Crippen molar-refractivity contribution < 1.29 is 9.90 Å². The first-order valence-electron chi connectivity index (χ1n) is 5.77. The monoisotopic (exact) mass is 312 g/mol. The lowest BCUT2D eigenvalue weighted by atomic mass is 10.2. The smallest absolute Gasteiger partial charge is 0.151 e. The summed E-state index contributed by atoms with van der Waals surface area (Å²) in [6, 6.07) is 3.51. The third kappa shape index (κ3) is 4.89. The summed E-state index contributed by atoms with van der Waals surface area (Å²) < 4.78 is 0. The van der Waals surface area contributed by atoms with Gasteiger partial charge in [-0.15, -0.1) is 0 Å². The van der Waals surface area contributed by atoms with Crippen LogP contribution in [0.1, 0.15) is 27.0 Å². The van der Waals surface area contributed by atoms with E-state index in [-0.39, 0.29) is 6.61 Å². The van der Waals surface area contributed by atoms with Gasteiger partial charge in [0.2, 0.25) is 0 Å². The SMILES string of the molecule is Cc1cc(C=O)cnc1Cl.Cc1cc(CO)cnc1Cl. The van der Waals surface area contributed by atoms with Gasteiger partial charge in [0.1, 0.15) is 10.3 Å². The molecule has 0 bridgehead atoms. The summed E-state index contributed by atoms with van der Waals surface area (Å²) >= 11 is 11.3. The van der Waals surface area contributed by atoms with E-state index in [1.54, 1.807) is 12.3 Å². The van der Waals surface area contributed by atoms with Crippen molar-refractivity contribution in [3.05, 3.63) is 57.1 Å². The summed E-state index contributed by atoms with van der Waals surface area (Å²) in [7, 11) is 0. The van der Waals surface area contributed by atoms with Crippen molar-refractivity contribution in [1.29, 1.82) is 0 Å². The number of aryl methyl sites for hydroxylation is 2. The number of carbonyl (C=O) groups is 1. The second-order valence-electron chi connectivity index (χ2n) is 4.10. The van der Waals surface area contributed by atoms with E-state index < -0.39 is 0 Å². The molecule has 20 heavy (non-hydrogen) atoms. The predicted molar refractivity (Wildman–Crippen MR) is 79.3 cm³/mol. The number of aromatic nitrogens is 2. The fourth-order valence-corrected chi connectivity index (χ4v) is 1.55. The number of hydrogen-bond acceptors (Lipinski definition) is 4. The van der Waals surface area contributed by atoms with E-state index in [2.05, 4.69) is 9.97 Å². The average molecular weight is 313 g/mol. The first kappa shape index (κ1) is 16.6. The Morgan fingerprint density at radius 2 is 1.65 bits per heavy atom. The van der Waals surface area contributed by atoms with Gasteiger partial charge in [-0.1, -0.05) is 23.2 Å². The Morgan fingerprint density at radius 3 is 2.10 bits per heavy atom. The summed E-state index contributed by atoms with van der Waals surface area (Å²) in [6.45, 7) is 3.68. The summed E-state index contributed by atoms with van der Waals surface area (Å²) in [5.74, 6) is 0. The molecule has 2 heterocycles. The highest BCUT2D eigenvalue weighted by molar-refractivity contribution is 6.30. The summed E-state index contributed by atoms with van der Waals surface area (Å²) in [6.07, 6.45) is 3.76. The molecule has 2 aromatic heterocycles. The molecule has 0 saturated heterocycles. The molecule has 0 aromatic carbocycles. The Morgan fingerprint density at radius 1 is 1.10 bits per heavy atom. The molecule has 0 fully saturated rings. The van der Waals surface area contributed by atoms with Gasteiger partial charge < -0.3 is 5.11 Å². The number of rotatable bonds is 2. The lowest BCUT2D eigenvalue weighted by molar-refractivity contribution is 0.112. The Hall–Kier alpha value is -1.49. The number of pyridine rings is 2. The van der Waals surface area contributed by atoms with Crippen LogP contribution in [0.15, 0.2) is 24.5 Å². The van der Waals surface area contributed by atoms with Gasteiger partial charge >= 0.3 is 0 Å². The van der Waals surface area contributed by atoms with E-state index in [9.17, 15) is 4.79 Å². The van der Waals surface area contributed by atoms with Gasteiger partial charge in [-0.05, 0) is 42.7 Å². The van der Waals surface area contributed by atoms with Crippen molar-refractivity contribution in [1.82, 2.24) is 9.97 Å². The Labute approximate surface area is 127 Å². The molecule has 0 aliphatic rings. The maximum Gasteiger partial charge on any atom is 0.151 e. The third-order valence-corrected chi connectivity index (χ3v) is 3.22. The van der Waals surface area contributed by atoms with E-state index in [0.717, 1.165) is 23.0 Å². The molecule has 0 atom stereocenters. The maximum absolute atomic E-state index is 10.2. The zero-order chi connectivity index (χ0) is 15.1. The predicted octanol–water partition coefficient (Wildman–Crippen LogP) is 3.39. The minimum absolute atomic E-state index is 0.0189. The lowest BCUT2D eigenvalue weighted by Gasteiger charge is -1.98. The van der Waals surface area contributed by atoms with Crippen LogP contribution < -0.4 is 0 Å². The standard InChI is InChI=1S/C7H8ClNO.C7H6ClNO/c2*1-5-2-6(4-10)3-9-7(5)8/h2-3,10H,4H2,1H3;2-4H,1H3. The minimum atomic E-state index is 0.0189. The highest BCUT2D eigenvalue weighted by Gasteiger charge is 1.96. The van der Waals surface area contributed by atoms with Crippen LogP contribution in [0.5, 0.6) is 0 Å². The number of hydrogen-bond donors (Lipinski definition) is 1. The fraction of sp³-hybridized carbons (Fsp3) is 0.214. The number of aliphatic hydroxyl groups excluding tert-OH is 1. The number of carbonyl (C=O) groups excluding carboxylic acids is 1. The van der Waals surface area contributed by atoms with Crippen molar-refractivity contribution in [3.63, 3.8) is 0 Å². The Balaban J connectivity index is 0.000000200. The highest BCUT2D eigenvalue weighted by Crippen LogP contribution is 2.12. The molecule has 2 aromatic rings. The van der Waals surface area contributed by atoms with Crippen LogP contribution >= 0.6 is 23.2 Å². The zero-order valence-corrected chi connectivity index (χ0v) is 12.6. The molecule has 0 spiro atoms. The van der Waals surface area contributed by atoms with Crippen LogP contribution in [0.25, 0.3) is 0 Å². The molecule has 2 rings (SSSR count). The van der Waals surface area contributed by atoms with Gasteiger partial charge in [-0.3, -0.25) is 4.79 Å². The van der Waals surface area contributed by atoms with Gasteiger partial charge in [0.05, 0.1) is 6.61 Å². The summed E-state index contributed by atoms with van der Waals surface area (Å²) in [5, 5.41) is 9.62. The van der Waals surface area contributed by atoms with Crippen LogP contribution in [0.2, 0.25) is 10.3 Å². The van der Waals surface area contributed by atoms with Crippen LogP contribution in [-0.2, 0) is 6.61 Å². The molecule has 106 valence electrons. The van der Waals surface area contributed by atoms with E-state index in [4.69, 9.17) is 28.3 Å². The summed E-state index contributed by atoms with van der Waals surface area (Å²) in [5.41, 5.74) is 3.07. The molecule has 0 radical (unpaired) electrons. The molecule has 4 nitrogen and oxygen atoms in total. The zero-order valence-electron chi connectivity index (χ0n) is 11.1. The first-order valence-corrected chi connectivity index (χ1v) is 6.52. The van der Waals surface area contributed by atoms with Gasteiger partial charge in [-0.2, -0.15) is 0 Å². The second kappa shape index (κ2) is 7.94. The van der Waals surface area contributed by atoms with Crippen molar-refractivity contribution >= 4 is 29.5 Å². The normalized spacial score (nSPS) is 9.65. The summed E-state index contributed by atoms with van der Waals surface area (Å²) in [4.78, 5) is 17.8. The molecule has 1 N–H and O–H groups in total. The molecular weight excluding hydrogens is 299 g/mol. The van der Waals surface area contributed by atoms with Gasteiger partial charge in [0, 0.05) is 18.0 Å². The quantitative estimate of drug-likeness (QED) is 0.682. The molecule has 0 aliphatic carbocycles. The van der Waals surface area contributed by atoms with Crippen molar-refractivity contribution in [2.75, 3.05) is 0 Å². The second-order valence-corrected chi connectivity index (χ2v) is 4.82. The first-order chi connectivity index (χ1) is 9.47. The van der Waals surface area contributed by atoms with E-state index >= 15 is 0 Å². The molecule has 0 unspecified atom stereocenters. The fourth-order valence-electron chi connectivity index (χ4n) is 1.35. The Kier molecular flexibility index (Phi) is 6.58. The number of nitrogens with zero attached hydrogens (tertiary/aromatic N) is 2. The maximum atomic E-state index is 10.2. The van der Waals surface area contributed by atoms with E-state index in [0.29, 0.717) is 15.9 Å². The van der Waals surface area contributed by atoms with Crippen molar-refractivity contribution in [2.24, 2.45) is 0 Å². The van der Waals surface area contributed by atoms with E-state index in [1.807, 2.05) is 19.9 Å². The molecule has 0 saturated carbocycles. The largest absolute Gasteiger partial charge is 0.392 e. The van der Waals surface area contributed by atoms with Crippen molar-refractivity contribution in [3.8, 4) is 0 Å². The number of aldehydes is 1. The van der Waals surface area contributed by atoms with Gasteiger partial charge in [0.25, 0.3) is 0 Å². The van der Waals surface area contributed by atoms with Crippen LogP contribution in [0.3, 0.4) is 0 Å². The number of aliphatic hydroxyl groups is 1. The topological polar surface area (TPSA) is 63.1 Å². The van der Waals surface area contributed by atoms with Crippen LogP contribution in [0, 0.1) is 13.8 Å². The van der Waals surface area contributed by atoms with Crippen LogP contribution in [-0.4, -0.2) is 21.4 Å².